The van der Waals surface area contributed by atoms with Gasteiger partial charge in [0.2, 0.25) is 5.91 Å². The fraction of sp³-hybridized carbons (Fsp3) is 0.320. The van der Waals surface area contributed by atoms with Crippen LogP contribution in [0.3, 0.4) is 0 Å². The van der Waals surface area contributed by atoms with Crippen LogP contribution in [0.15, 0.2) is 52.4 Å². The second kappa shape index (κ2) is 13.8. The van der Waals surface area contributed by atoms with Gasteiger partial charge < -0.3 is 36.2 Å². The van der Waals surface area contributed by atoms with E-state index in [0.717, 1.165) is 19.2 Å². The molecule has 0 spiro atoms. The third-order valence-corrected chi connectivity index (χ3v) is 6.82. The molecule has 262 valence electrons. The van der Waals surface area contributed by atoms with Crippen molar-refractivity contribution in [3.05, 3.63) is 53.6 Å². The van der Waals surface area contributed by atoms with E-state index >= 15 is 0 Å². The molecule has 1 heterocycles. The summed E-state index contributed by atoms with van der Waals surface area (Å²) in [5.41, 5.74) is -0.345. The number of benzene rings is 2. The fourth-order valence-electron chi connectivity index (χ4n) is 3.53. The van der Waals surface area contributed by atoms with E-state index in [-0.39, 0.29) is 48.2 Å². The summed E-state index contributed by atoms with van der Waals surface area (Å²) in [5.74, 6) is -5.65. The number of carbonyl (C=O) groups is 4. The van der Waals surface area contributed by atoms with Gasteiger partial charge >= 0.3 is 28.3 Å². The number of aliphatic imine (C=N–C) groups is 1. The lowest BCUT2D eigenvalue weighted by Gasteiger charge is -2.40. The van der Waals surface area contributed by atoms with Crippen LogP contribution in [-0.4, -0.2) is 79.0 Å². The van der Waals surface area contributed by atoms with Gasteiger partial charge in [0.15, 0.2) is 5.96 Å². The van der Waals surface area contributed by atoms with Crippen LogP contribution < -0.4 is 21.3 Å². The Morgan fingerprint density at radius 1 is 1.09 bits per heavy atom. The van der Waals surface area contributed by atoms with Gasteiger partial charge in [-0.25, -0.2) is 14.2 Å². The minimum atomic E-state index is -10.1. The maximum atomic E-state index is 13.3. The number of guanidine groups is 1. The molecule has 1 aliphatic rings. The predicted molar refractivity (Wildman–Crippen MR) is 148 cm³/mol. The summed E-state index contributed by atoms with van der Waals surface area (Å²) in [6.07, 6.45) is -6.94. The van der Waals surface area contributed by atoms with E-state index in [1.54, 1.807) is 0 Å². The lowest BCUT2D eigenvalue weighted by atomic mass is 10.0. The van der Waals surface area contributed by atoms with E-state index in [2.05, 4.69) is 31.0 Å². The van der Waals surface area contributed by atoms with Crippen molar-refractivity contribution < 1.29 is 71.1 Å². The minimum absolute atomic E-state index is 0.00829. The number of halogens is 9. The summed E-state index contributed by atoms with van der Waals surface area (Å²) in [6, 6.07) is 4.17. The van der Waals surface area contributed by atoms with E-state index in [4.69, 9.17) is 9.90 Å². The first-order chi connectivity index (χ1) is 21.4. The highest BCUT2D eigenvalue weighted by atomic mass is 32.5. The monoisotopic (exact) mass is 711 g/mol. The second-order valence-corrected chi connectivity index (χ2v) is 11.9. The molecule has 6 N–H and O–H groups in total. The molecule has 0 saturated heterocycles. The standard InChI is InChI=1S/C23H25F6N5O5S.C2HF3O2/c1-39-21(37)9-19(13-3-2-4-18(7-13)40(25,26,27,28)29)34-20(36)12-30-22(38)14-5-16(8-17(35)6-14)33-23-31-10-15(24)11-32-23;3-2(4,5)1(6)7/h2-8,15,19,35H,9-12H2,1H3,(H,30,38)(H,34,36)(H2,31,32,33);(H,6,7)/t19-;/m0./s1. The van der Waals surface area contributed by atoms with Crippen molar-refractivity contribution in [2.24, 2.45) is 4.99 Å². The van der Waals surface area contributed by atoms with Crippen molar-refractivity contribution in [2.45, 2.75) is 29.7 Å². The zero-order valence-electron chi connectivity index (χ0n) is 23.7. The number of phenols is 1. The number of esters is 1. The normalized spacial score (nSPS) is 16.7. The molecule has 2 atom stereocenters. The summed E-state index contributed by atoms with van der Waals surface area (Å²) in [6.45, 7) is -0.811. The smallest absolute Gasteiger partial charge is 0.490 e. The van der Waals surface area contributed by atoms with Crippen LogP contribution in [0.4, 0.5) is 42.7 Å². The highest BCUT2D eigenvalue weighted by Crippen LogP contribution is 3.02. The van der Waals surface area contributed by atoms with Gasteiger partial charge in [-0.15, -0.1) is 0 Å². The highest BCUT2D eigenvalue weighted by Gasteiger charge is 2.65. The van der Waals surface area contributed by atoms with E-state index in [9.17, 15) is 56.5 Å². The summed E-state index contributed by atoms with van der Waals surface area (Å²) < 4.78 is 116. The van der Waals surface area contributed by atoms with Crippen LogP contribution in [-0.2, 0) is 19.1 Å². The lowest BCUT2D eigenvalue weighted by Crippen LogP contribution is -2.41. The van der Waals surface area contributed by atoms with E-state index in [1.165, 1.54) is 12.1 Å². The van der Waals surface area contributed by atoms with Gasteiger partial charge in [-0.3, -0.25) is 14.4 Å². The predicted octanol–water partition coefficient (Wildman–Crippen LogP) is 4.54. The molecule has 2 aromatic carbocycles. The van der Waals surface area contributed by atoms with Crippen LogP contribution in [0.5, 0.6) is 5.75 Å². The molecule has 2 amide bonds. The first kappa shape index (κ1) is 38.3. The molecule has 0 aliphatic carbocycles. The number of rotatable bonds is 9. The summed E-state index contributed by atoms with van der Waals surface area (Å²) in [4.78, 5) is 47.5. The van der Waals surface area contributed by atoms with Crippen molar-refractivity contribution in [1.29, 1.82) is 0 Å². The number of amides is 2. The molecule has 22 heteroatoms. The zero-order chi connectivity index (χ0) is 35.9. The molecule has 1 unspecified atom stereocenters. The van der Waals surface area contributed by atoms with Crippen molar-refractivity contribution in [1.82, 2.24) is 16.0 Å². The average Bonchev–Trinajstić information content (AvgIpc) is 2.95. The molecule has 3 rings (SSSR count). The summed E-state index contributed by atoms with van der Waals surface area (Å²) >= 11 is 0. The van der Waals surface area contributed by atoms with Crippen molar-refractivity contribution in [3.8, 4) is 5.75 Å². The molecule has 0 bridgehead atoms. The number of carboxylic acid groups (broad SMARTS) is 1. The molecular weight excluding hydrogens is 685 g/mol. The Balaban J connectivity index is 0.000000984. The largest absolute Gasteiger partial charge is 0.508 e. The van der Waals surface area contributed by atoms with Gasteiger partial charge in [0, 0.05) is 17.3 Å². The molecule has 2 aromatic rings. The van der Waals surface area contributed by atoms with E-state index in [1.807, 2.05) is 0 Å². The molecule has 0 aromatic heterocycles. The molecule has 0 radical (unpaired) electrons. The maximum Gasteiger partial charge on any atom is 0.490 e. The molecule has 0 fully saturated rings. The molecular formula is C25H26F9N5O7S. The van der Waals surface area contributed by atoms with Crippen LogP contribution in [0.2, 0.25) is 0 Å². The third-order valence-electron chi connectivity index (χ3n) is 5.67. The third kappa shape index (κ3) is 12.8. The number of nitrogens with zero attached hydrogens (tertiary/aromatic N) is 1. The number of alkyl halides is 4. The number of hydrogen-bond donors (Lipinski definition) is 6. The van der Waals surface area contributed by atoms with Gasteiger partial charge in [-0.1, -0.05) is 31.6 Å². The second-order valence-electron chi connectivity index (χ2n) is 9.49. The number of nitrogens with one attached hydrogen (secondary N) is 4. The number of carboxylic acids is 1. The van der Waals surface area contributed by atoms with Crippen LogP contribution >= 0.6 is 10.2 Å². The Kier molecular flexibility index (Phi) is 11.3. The van der Waals surface area contributed by atoms with E-state index in [0.29, 0.717) is 6.07 Å². The Bertz CT molecular complexity index is 1540. The number of anilines is 1. The van der Waals surface area contributed by atoms with Gasteiger partial charge in [0.05, 0.1) is 39.2 Å². The number of aliphatic carboxylic acids is 1. The quantitative estimate of drug-likeness (QED) is 0.161. The van der Waals surface area contributed by atoms with E-state index < -0.39 is 75.8 Å². The van der Waals surface area contributed by atoms with Crippen molar-refractivity contribution in [2.75, 3.05) is 32.1 Å². The Hall–Kier alpha value is -4.89. The van der Waals surface area contributed by atoms with Crippen molar-refractivity contribution in [3.63, 3.8) is 0 Å². The number of carbonyl (C=O) groups excluding carboxylic acids is 3. The molecule has 1 aliphatic heterocycles. The van der Waals surface area contributed by atoms with Crippen LogP contribution in [0, 0.1) is 0 Å². The number of hydrogen-bond acceptors (Lipinski definition) is 9. The maximum absolute atomic E-state index is 13.3. The van der Waals surface area contributed by atoms with Gasteiger partial charge in [0.25, 0.3) is 5.91 Å². The zero-order valence-corrected chi connectivity index (χ0v) is 24.5. The van der Waals surface area contributed by atoms with Gasteiger partial charge in [-0.2, -0.15) is 13.2 Å². The lowest BCUT2D eigenvalue weighted by molar-refractivity contribution is -0.192. The van der Waals surface area contributed by atoms with Gasteiger partial charge in [0.1, 0.15) is 16.8 Å². The first-order valence-electron chi connectivity index (χ1n) is 12.7. The molecule has 47 heavy (non-hydrogen) atoms. The fourth-order valence-corrected chi connectivity index (χ4v) is 4.23. The Labute approximate surface area is 259 Å². The highest BCUT2D eigenvalue weighted by molar-refractivity contribution is 8.45. The number of aromatic hydroxyl groups is 1. The topological polar surface area (TPSA) is 178 Å². The molecule has 0 saturated carbocycles. The number of methoxy groups -OCH3 is 1. The minimum Gasteiger partial charge on any atom is -0.508 e. The summed E-state index contributed by atoms with van der Waals surface area (Å²) in [7, 11) is -9.07. The Morgan fingerprint density at radius 3 is 2.26 bits per heavy atom. The Morgan fingerprint density at radius 2 is 1.72 bits per heavy atom. The van der Waals surface area contributed by atoms with Gasteiger partial charge in [-0.05, 0) is 29.8 Å². The van der Waals surface area contributed by atoms with Crippen molar-refractivity contribution >= 4 is 45.6 Å². The summed E-state index contributed by atoms with van der Waals surface area (Å²) in [5, 5.41) is 27.0. The SMILES string of the molecule is COC(=O)C[C@H](NC(=O)CNC(=O)c1cc(O)cc(NC2=NCC(F)CN2)c1)c1cccc(S(F)(F)(F)(F)F)c1.O=C(O)C(F)(F)F. The molecule has 12 nitrogen and oxygen atoms in total. The number of ether oxygens (including phenoxy) is 1. The van der Waals surface area contributed by atoms with Crippen LogP contribution in [0.25, 0.3) is 0 Å². The first-order valence-corrected chi connectivity index (χ1v) is 14.6. The number of phenolic OH excluding ortho intramolecular Hbond substituents is 1. The average molecular weight is 712 g/mol. The van der Waals surface area contributed by atoms with Crippen LogP contribution in [0.1, 0.15) is 28.4 Å².